The minimum absolute atomic E-state index is 0.0954. The number of nitro groups is 1. The number of ether oxygens (including phenoxy) is 2. The molecule has 1 aromatic carbocycles. The van der Waals surface area contributed by atoms with Crippen molar-refractivity contribution in [1.82, 2.24) is 4.90 Å². The van der Waals surface area contributed by atoms with E-state index < -0.39 is 4.92 Å². The van der Waals surface area contributed by atoms with E-state index >= 15 is 0 Å². The third kappa shape index (κ3) is 3.90. The highest BCUT2D eigenvalue weighted by molar-refractivity contribution is 5.42. The molecule has 0 saturated carbocycles. The Balaban J connectivity index is 1.83. The van der Waals surface area contributed by atoms with Crippen LogP contribution in [0.3, 0.4) is 0 Å². The molecule has 1 aliphatic heterocycles. The molecule has 0 unspecified atom stereocenters. The molecule has 6 nitrogen and oxygen atoms in total. The number of rotatable bonds is 5. The Bertz CT molecular complexity index is 444. The topological polar surface area (TPSA) is 64.8 Å². The second kappa shape index (κ2) is 6.49. The molecule has 6 heteroatoms. The van der Waals surface area contributed by atoms with Crippen molar-refractivity contribution in [2.75, 3.05) is 39.5 Å². The Hall–Kier alpha value is -1.66. The van der Waals surface area contributed by atoms with E-state index in [1.54, 1.807) is 6.07 Å². The minimum atomic E-state index is -0.398. The molecular weight excluding hydrogens is 248 g/mol. The molecule has 0 radical (unpaired) electrons. The molecule has 0 spiro atoms. The van der Waals surface area contributed by atoms with Gasteiger partial charge in [0.25, 0.3) is 5.69 Å². The Kier molecular flexibility index (Phi) is 4.70. The molecule has 0 aliphatic carbocycles. The number of hydrogen-bond donors (Lipinski definition) is 0. The van der Waals surface area contributed by atoms with Gasteiger partial charge in [-0.05, 0) is 18.6 Å². The van der Waals surface area contributed by atoms with E-state index in [0.717, 1.165) is 38.4 Å². The van der Waals surface area contributed by atoms with E-state index in [0.29, 0.717) is 12.4 Å². The fourth-order valence-electron chi connectivity index (χ4n) is 2.02. The molecule has 2 rings (SSSR count). The summed E-state index contributed by atoms with van der Waals surface area (Å²) in [5.74, 6) is 0.707. The largest absolute Gasteiger partial charge is 0.492 e. The summed E-state index contributed by atoms with van der Waals surface area (Å²) in [4.78, 5) is 12.5. The van der Waals surface area contributed by atoms with E-state index in [-0.39, 0.29) is 5.69 Å². The third-order valence-electron chi connectivity index (χ3n) is 3.14. The van der Waals surface area contributed by atoms with Gasteiger partial charge in [-0.1, -0.05) is 0 Å². The van der Waals surface area contributed by atoms with Gasteiger partial charge in [-0.2, -0.15) is 0 Å². The van der Waals surface area contributed by atoms with Crippen molar-refractivity contribution in [2.45, 2.75) is 6.92 Å². The maximum Gasteiger partial charge on any atom is 0.269 e. The van der Waals surface area contributed by atoms with Crippen molar-refractivity contribution in [2.24, 2.45) is 0 Å². The van der Waals surface area contributed by atoms with E-state index in [1.165, 1.54) is 12.1 Å². The van der Waals surface area contributed by atoms with Gasteiger partial charge in [0.2, 0.25) is 0 Å². The predicted molar refractivity (Wildman–Crippen MR) is 70.6 cm³/mol. The number of morpholine rings is 1. The molecule has 0 bridgehead atoms. The first-order valence-corrected chi connectivity index (χ1v) is 6.35. The first-order chi connectivity index (χ1) is 9.16. The molecule has 0 aromatic heterocycles. The molecule has 0 N–H and O–H groups in total. The van der Waals surface area contributed by atoms with Crippen LogP contribution in [0.4, 0.5) is 5.69 Å². The monoisotopic (exact) mass is 266 g/mol. The molecule has 1 aromatic rings. The van der Waals surface area contributed by atoms with E-state index in [1.807, 2.05) is 6.92 Å². The zero-order chi connectivity index (χ0) is 13.7. The normalized spacial score (nSPS) is 16.3. The van der Waals surface area contributed by atoms with Crippen molar-refractivity contribution in [3.05, 3.63) is 33.9 Å². The smallest absolute Gasteiger partial charge is 0.269 e. The lowest BCUT2D eigenvalue weighted by Crippen LogP contribution is -2.38. The van der Waals surface area contributed by atoms with Crippen molar-refractivity contribution in [3.63, 3.8) is 0 Å². The zero-order valence-corrected chi connectivity index (χ0v) is 11.0. The van der Waals surface area contributed by atoms with Crippen LogP contribution in [0.1, 0.15) is 5.56 Å². The van der Waals surface area contributed by atoms with Crippen molar-refractivity contribution >= 4 is 5.69 Å². The highest BCUT2D eigenvalue weighted by Crippen LogP contribution is 2.23. The summed E-state index contributed by atoms with van der Waals surface area (Å²) in [6.45, 7) is 6.66. The Morgan fingerprint density at radius 1 is 1.42 bits per heavy atom. The quantitative estimate of drug-likeness (QED) is 0.598. The number of aryl methyl sites for hydroxylation is 1. The lowest BCUT2D eigenvalue weighted by Gasteiger charge is -2.26. The van der Waals surface area contributed by atoms with Crippen LogP contribution in [0.2, 0.25) is 0 Å². The van der Waals surface area contributed by atoms with Crippen LogP contribution in [-0.2, 0) is 4.74 Å². The maximum absolute atomic E-state index is 10.6. The second-order valence-corrected chi connectivity index (χ2v) is 4.51. The van der Waals surface area contributed by atoms with Crippen LogP contribution in [0.25, 0.3) is 0 Å². The zero-order valence-electron chi connectivity index (χ0n) is 11.0. The number of hydrogen-bond acceptors (Lipinski definition) is 5. The molecule has 1 saturated heterocycles. The molecule has 1 heterocycles. The number of benzene rings is 1. The number of nitrogens with zero attached hydrogens (tertiary/aromatic N) is 2. The Labute approximate surface area is 112 Å². The van der Waals surface area contributed by atoms with Gasteiger partial charge in [0, 0.05) is 31.8 Å². The molecule has 0 atom stereocenters. The Morgan fingerprint density at radius 2 is 2.16 bits per heavy atom. The lowest BCUT2D eigenvalue weighted by molar-refractivity contribution is -0.384. The predicted octanol–water partition coefficient (Wildman–Crippen LogP) is 1.61. The first kappa shape index (κ1) is 13.8. The van der Waals surface area contributed by atoms with Gasteiger partial charge in [-0.25, -0.2) is 0 Å². The summed E-state index contributed by atoms with van der Waals surface area (Å²) in [6, 6.07) is 4.66. The van der Waals surface area contributed by atoms with Crippen LogP contribution in [0.15, 0.2) is 18.2 Å². The highest BCUT2D eigenvalue weighted by Gasteiger charge is 2.11. The third-order valence-corrected chi connectivity index (χ3v) is 3.14. The molecular formula is C13H18N2O4. The summed E-state index contributed by atoms with van der Waals surface area (Å²) >= 11 is 0. The molecule has 1 aliphatic rings. The minimum Gasteiger partial charge on any atom is -0.492 e. The van der Waals surface area contributed by atoms with Gasteiger partial charge in [-0.3, -0.25) is 15.0 Å². The molecule has 0 amide bonds. The highest BCUT2D eigenvalue weighted by atomic mass is 16.6. The maximum atomic E-state index is 10.6. The van der Waals surface area contributed by atoms with Crippen molar-refractivity contribution < 1.29 is 14.4 Å². The van der Waals surface area contributed by atoms with Crippen molar-refractivity contribution in [1.29, 1.82) is 0 Å². The van der Waals surface area contributed by atoms with Crippen LogP contribution < -0.4 is 4.74 Å². The fraction of sp³-hybridized carbons (Fsp3) is 0.538. The van der Waals surface area contributed by atoms with Gasteiger partial charge < -0.3 is 9.47 Å². The van der Waals surface area contributed by atoms with Crippen LogP contribution in [0.5, 0.6) is 5.75 Å². The van der Waals surface area contributed by atoms with Gasteiger partial charge in [0.05, 0.1) is 18.1 Å². The van der Waals surface area contributed by atoms with E-state index in [9.17, 15) is 10.1 Å². The SMILES string of the molecule is Cc1cc([N+](=O)[O-])ccc1OCCN1CCOCC1. The van der Waals surface area contributed by atoms with Gasteiger partial charge >= 0.3 is 0 Å². The average molecular weight is 266 g/mol. The van der Waals surface area contributed by atoms with Gasteiger partial charge in [0.1, 0.15) is 12.4 Å². The summed E-state index contributed by atoms with van der Waals surface area (Å²) in [5.41, 5.74) is 0.884. The lowest BCUT2D eigenvalue weighted by atomic mass is 10.2. The van der Waals surface area contributed by atoms with Crippen LogP contribution >= 0.6 is 0 Å². The van der Waals surface area contributed by atoms with Crippen molar-refractivity contribution in [3.8, 4) is 5.75 Å². The molecule has 1 fully saturated rings. The van der Waals surface area contributed by atoms with Gasteiger partial charge in [0.15, 0.2) is 0 Å². The standard InChI is InChI=1S/C13H18N2O4/c1-11-10-12(15(16)17)2-3-13(11)19-9-6-14-4-7-18-8-5-14/h2-3,10H,4-9H2,1H3. The van der Waals surface area contributed by atoms with Crippen LogP contribution in [0, 0.1) is 17.0 Å². The second-order valence-electron chi connectivity index (χ2n) is 4.51. The van der Waals surface area contributed by atoms with Crippen LogP contribution in [-0.4, -0.2) is 49.3 Å². The molecule has 104 valence electrons. The number of nitro benzene ring substituents is 1. The first-order valence-electron chi connectivity index (χ1n) is 6.35. The Morgan fingerprint density at radius 3 is 2.79 bits per heavy atom. The summed E-state index contributed by atoms with van der Waals surface area (Å²) in [7, 11) is 0. The molecule has 19 heavy (non-hydrogen) atoms. The van der Waals surface area contributed by atoms with E-state index in [4.69, 9.17) is 9.47 Å². The fourth-order valence-corrected chi connectivity index (χ4v) is 2.02. The van der Waals surface area contributed by atoms with E-state index in [2.05, 4.69) is 4.90 Å². The summed E-state index contributed by atoms with van der Waals surface area (Å²) in [5, 5.41) is 10.6. The summed E-state index contributed by atoms with van der Waals surface area (Å²) < 4.78 is 10.9. The number of non-ortho nitro benzene ring substituents is 1. The summed E-state index contributed by atoms with van der Waals surface area (Å²) in [6.07, 6.45) is 0. The average Bonchev–Trinajstić information content (AvgIpc) is 2.41. The van der Waals surface area contributed by atoms with Gasteiger partial charge in [-0.15, -0.1) is 0 Å².